The van der Waals surface area contributed by atoms with Crippen LogP contribution in [0.3, 0.4) is 0 Å². The standard InChI is InChI=1S/C7H18N2OSi/c1-6(2)7-4-3-5-11(8,9)10-7/h6-7H,3-5,8-9H2,1-2H3. The summed E-state index contributed by atoms with van der Waals surface area (Å²) in [5.41, 5.74) is 0. The van der Waals surface area contributed by atoms with E-state index in [1.165, 1.54) is 0 Å². The van der Waals surface area contributed by atoms with E-state index in [0.29, 0.717) is 12.0 Å². The third kappa shape index (κ3) is 2.55. The second-order valence-electron chi connectivity index (χ2n) is 3.75. The van der Waals surface area contributed by atoms with Crippen molar-refractivity contribution >= 4 is 8.64 Å². The number of hydrogen-bond donors (Lipinski definition) is 2. The van der Waals surface area contributed by atoms with Crippen LogP contribution >= 0.6 is 0 Å². The summed E-state index contributed by atoms with van der Waals surface area (Å²) in [5, 5.41) is 11.6. The fourth-order valence-electron chi connectivity index (χ4n) is 1.45. The first-order chi connectivity index (χ1) is 5.01. The molecule has 0 bridgehead atoms. The molecule has 0 saturated carbocycles. The van der Waals surface area contributed by atoms with Crippen LogP contribution in [0.1, 0.15) is 26.7 Å². The van der Waals surface area contributed by atoms with Crippen LogP contribution in [0.25, 0.3) is 0 Å². The molecule has 0 spiro atoms. The van der Waals surface area contributed by atoms with Crippen LogP contribution in [-0.2, 0) is 4.43 Å². The maximum atomic E-state index is 5.80. The molecule has 0 aromatic carbocycles. The summed E-state index contributed by atoms with van der Waals surface area (Å²) in [5.74, 6) is 0.550. The lowest BCUT2D eigenvalue weighted by Gasteiger charge is -2.34. The Labute approximate surface area is 69.4 Å². The predicted octanol–water partition coefficient (Wildman–Crippen LogP) is 0.678. The van der Waals surface area contributed by atoms with Crippen molar-refractivity contribution in [3.8, 4) is 0 Å². The molecule has 0 aromatic rings. The topological polar surface area (TPSA) is 61.3 Å². The molecule has 0 radical (unpaired) electrons. The zero-order valence-electron chi connectivity index (χ0n) is 7.34. The Morgan fingerprint density at radius 2 is 2.09 bits per heavy atom. The Hall–Kier alpha value is 0.0969. The summed E-state index contributed by atoms with van der Waals surface area (Å²) in [4.78, 5) is 0. The molecule has 1 saturated heterocycles. The maximum Gasteiger partial charge on any atom is 0.346 e. The third-order valence-electron chi connectivity index (χ3n) is 2.17. The average molecular weight is 174 g/mol. The molecule has 1 aliphatic rings. The highest BCUT2D eigenvalue weighted by atomic mass is 28.4. The number of hydrogen-bond acceptors (Lipinski definition) is 3. The molecule has 1 rings (SSSR count). The van der Waals surface area contributed by atoms with E-state index < -0.39 is 8.64 Å². The van der Waals surface area contributed by atoms with Gasteiger partial charge in [0.05, 0.1) is 0 Å². The largest absolute Gasteiger partial charge is 0.389 e. The van der Waals surface area contributed by atoms with Gasteiger partial charge in [-0.25, -0.2) is 0 Å². The molecule has 11 heavy (non-hydrogen) atoms. The molecular formula is C7H18N2OSi. The fraction of sp³-hybridized carbons (Fsp3) is 1.00. The van der Waals surface area contributed by atoms with E-state index >= 15 is 0 Å². The highest BCUT2D eigenvalue weighted by Crippen LogP contribution is 2.23. The first kappa shape index (κ1) is 9.19. The van der Waals surface area contributed by atoms with Crippen LogP contribution in [0.2, 0.25) is 6.04 Å². The SMILES string of the molecule is CC(C)C1CCC[Si](N)(N)O1. The highest BCUT2D eigenvalue weighted by molar-refractivity contribution is 6.67. The van der Waals surface area contributed by atoms with Crippen LogP contribution in [0.4, 0.5) is 0 Å². The van der Waals surface area contributed by atoms with Gasteiger partial charge in [-0.1, -0.05) is 13.8 Å². The summed E-state index contributed by atoms with van der Waals surface area (Å²) in [6.07, 6.45) is 2.58. The van der Waals surface area contributed by atoms with Gasteiger partial charge in [-0.3, -0.25) is 0 Å². The summed E-state index contributed by atoms with van der Waals surface area (Å²) in [6, 6.07) is 0.913. The van der Waals surface area contributed by atoms with E-state index in [-0.39, 0.29) is 0 Å². The van der Waals surface area contributed by atoms with Crippen LogP contribution in [-0.4, -0.2) is 14.7 Å². The molecule has 0 amide bonds. The van der Waals surface area contributed by atoms with E-state index in [0.717, 1.165) is 18.9 Å². The van der Waals surface area contributed by atoms with Crippen LogP contribution in [0, 0.1) is 5.92 Å². The van der Waals surface area contributed by atoms with E-state index in [2.05, 4.69) is 13.8 Å². The molecule has 66 valence electrons. The molecule has 3 nitrogen and oxygen atoms in total. The molecule has 0 aliphatic carbocycles. The average Bonchev–Trinajstić information content (AvgIpc) is 1.85. The molecule has 1 atom stereocenters. The molecule has 4 heteroatoms. The van der Waals surface area contributed by atoms with Gasteiger partial charge in [0.1, 0.15) is 0 Å². The Kier molecular flexibility index (Phi) is 2.69. The van der Waals surface area contributed by atoms with E-state index in [9.17, 15) is 0 Å². The molecular weight excluding hydrogens is 156 g/mol. The summed E-state index contributed by atoms with van der Waals surface area (Å²) >= 11 is 0. The van der Waals surface area contributed by atoms with Crippen LogP contribution in [0.5, 0.6) is 0 Å². The molecule has 1 heterocycles. The Morgan fingerprint density at radius 3 is 2.45 bits per heavy atom. The van der Waals surface area contributed by atoms with E-state index in [4.69, 9.17) is 15.2 Å². The van der Waals surface area contributed by atoms with Crippen molar-refractivity contribution in [2.45, 2.75) is 38.8 Å². The van der Waals surface area contributed by atoms with Gasteiger partial charge in [0, 0.05) is 6.10 Å². The summed E-state index contributed by atoms with van der Waals surface area (Å²) in [6.45, 7) is 4.31. The smallest absolute Gasteiger partial charge is 0.346 e. The molecule has 1 fully saturated rings. The minimum Gasteiger partial charge on any atom is -0.389 e. The van der Waals surface area contributed by atoms with Crippen molar-refractivity contribution in [2.24, 2.45) is 16.7 Å². The van der Waals surface area contributed by atoms with Gasteiger partial charge >= 0.3 is 8.64 Å². The van der Waals surface area contributed by atoms with Gasteiger partial charge in [0.25, 0.3) is 0 Å². The van der Waals surface area contributed by atoms with Crippen molar-refractivity contribution in [3.63, 3.8) is 0 Å². The minimum absolute atomic E-state index is 0.311. The lowest BCUT2D eigenvalue weighted by Crippen LogP contribution is -2.62. The maximum absolute atomic E-state index is 5.80. The van der Waals surface area contributed by atoms with Gasteiger partial charge in [-0.2, -0.15) is 0 Å². The molecule has 1 aliphatic heterocycles. The van der Waals surface area contributed by atoms with Crippen molar-refractivity contribution < 1.29 is 4.43 Å². The van der Waals surface area contributed by atoms with Gasteiger partial charge in [-0.15, -0.1) is 0 Å². The van der Waals surface area contributed by atoms with Gasteiger partial charge < -0.3 is 15.2 Å². The highest BCUT2D eigenvalue weighted by Gasteiger charge is 2.34. The second-order valence-corrected chi connectivity index (χ2v) is 6.39. The van der Waals surface area contributed by atoms with Gasteiger partial charge in [0.2, 0.25) is 0 Å². The van der Waals surface area contributed by atoms with Crippen molar-refractivity contribution in [1.29, 1.82) is 0 Å². The second kappa shape index (κ2) is 3.22. The normalized spacial score (nSPS) is 30.8. The van der Waals surface area contributed by atoms with Gasteiger partial charge in [-0.05, 0) is 24.8 Å². The monoisotopic (exact) mass is 174 g/mol. The van der Waals surface area contributed by atoms with Crippen molar-refractivity contribution in [3.05, 3.63) is 0 Å². The molecule has 4 N–H and O–H groups in total. The zero-order chi connectivity index (χ0) is 8.48. The first-order valence-electron chi connectivity index (χ1n) is 4.27. The lowest BCUT2D eigenvalue weighted by molar-refractivity contribution is 0.111. The first-order valence-corrected chi connectivity index (χ1v) is 6.54. The van der Waals surface area contributed by atoms with E-state index in [1.807, 2.05) is 0 Å². The summed E-state index contributed by atoms with van der Waals surface area (Å²) in [7, 11) is -2.22. The lowest BCUT2D eigenvalue weighted by atomic mass is 10.0. The Balaban J connectivity index is 2.46. The molecule has 1 unspecified atom stereocenters. The Bertz CT molecular complexity index is 138. The Morgan fingerprint density at radius 1 is 1.45 bits per heavy atom. The third-order valence-corrected chi connectivity index (χ3v) is 4.05. The number of rotatable bonds is 1. The quantitative estimate of drug-likeness (QED) is 0.575. The predicted molar refractivity (Wildman–Crippen MR) is 47.9 cm³/mol. The van der Waals surface area contributed by atoms with Gasteiger partial charge in [0.15, 0.2) is 0 Å². The van der Waals surface area contributed by atoms with Crippen LogP contribution in [0.15, 0.2) is 0 Å². The summed E-state index contributed by atoms with van der Waals surface area (Å²) < 4.78 is 5.63. The molecule has 0 aromatic heterocycles. The zero-order valence-corrected chi connectivity index (χ0v) is 8.34. The number of nitrogens with two attached hydrogens (primary N) is 2. The van der Waals surface area contributed by atoms with Crippen LogP contribution < -0.4 is 10.8 Å². The fourth-order valence-corrected chi connectivity index (χ4v) is 3.28. The van der Waals surface area contributed by atoms with Crippen molar-refractivity contribution in [2.75, 3.05) is 0 Å². The minimum atomic E-state index is -2.22. The van der Waals surface area contributed by atoms with Crippen molar-refractivity contribution in [1.82, 2.24) is 0 Å². The van der Waals surface area contributed by atoms with E-state index in [1.54, 1.807) is 0 Å².